The predicted molar refractivity (Wildman–Crippen MR) is 76.6 cm³/mol. The van der Waals surface area contributed by atoms with Gasteiger partial charge in [0, 0.05) is 25.5 Å². The van der Waals surface area contributed by atoms with Crippen LogP contribution in [0.4, 0.5) is 0 Å². The molecule has 5 nitrogen and oxygen atoms in total. The highest BCUT2D eigenvalue weighted by Crippen LogP contribution is 2.20. The molecular formula is C13H13ClN2O3S. The molecule has 0 aliphatic carbocycles. The summed E-state index contributed by atoms with van der Waals surface area (Å²) in [5.74, 6) is -0.243. The molecule has 0 aromatic carbocycles. The second-order valence-electron chi connectivity index (χ2n) is 4.52. The van der Waals surface area contributed by atoms with Gasteiger partial charge in [-0.3, -0.25) is 4.79 Å². The molecule has 0 aliphatic rings. The van der Waals surface area contributed by atoms with Crippen molar-refractivity contribution in [3.8, 4) is 0 Å². The van der Waals surface area contributed by atoms with E-state index in [1.165, 1.54) is 22.9 Å². The number of aryl methyl sites for hydroxylation is 2. The summed E-state index contributed by atoms with van der Waals surface area (Å²) < 4.78 is 26.1. The minimum atomic E-state index is -3.56. The SMILES string of the molecule is Cc1cc(Cl)ncc1S(=O)(=O)Cc1ccn(C)c(=O)c1. The van der Waals surface area contributed by atoms with Gasteiger partial charge < -0.3 is 4.57 Å². The van der Waals surface area contributed by atoms with Gasteiger partial charge >= 0.3 is 0 Å². The number of hydrogen-bond donors (Lipinski definition) is 0. The van der Waals surface area contributed by atoms with E-state index in [0.29, 0.717) is 11.1 Å². The Morgan fingerprint density at radius 3 is 2.65 bits per heavy atom. The van der Waals surface area contributed by atoms with Crippen molar-refractivity contribution in [3.63, 3.8) is 0 Å². The molecule has 106 valence electrons. The summed E-state index contributed by atoms with van der Waals surface area (Å²) in [6.45, 7) is 1.66. The number of sulfone groups is 1. The summed E-state index contributed by atoms with van der Waals surface area (Å²) in [7, 11) is -1.95. The third-order valence-electron chi connectivity index (χ3n) is 2.89. The number of pyridine rings is 2. The van der Waals surface area contributed by atoms with E-state index in [1.54, 1.807) is 26.2 Å². The zero-order valence-electron chi connectivity index (χ0n) is 11.0. The van der Waals surface area contributed by atoms with Gasteiger partial charge in [-0.1, -0.05) is 11.6 Å². The number of aromatic nitrogens is 2. The molecule has 0 saturated carbocycles. The van der Waals surface area contributed by atoms with E-state index in [9.17, 15) is 13.2 Å². The van der Waals surface area contributed by atoms with Crippen LogP contribution in [0.5, 0.6) is 0 Å². The highest BCUT2D eigenvalue weighted by molar-refractivity contribution is 7.90. The van der Waals surface area contributed by atoms with E-state index in [-0.39, 0.29) is 21.4 Å². The first kappa shape index (κ1) is 14.7. The van der Waals surface area contributed by atoms with Gasteiger partial charge in [-0.15, -0.1) is 0 Å². The number of halogens is 1. The van der Waals surface area contributed by atoms with Crippen molar-refractivity contribution in [2.45, 2.75) is 17.6 Å². The molecular weight excluding hydrogens is 300 g/mol. The van der Waals surface area contributed by atoms with E-state index in [0.717, 1.165) is 0 Å². The van der Waals surface area contributed by atoms with Gasteiger partial charge in [-0.2, -0.15) is 0 Å². The van der Waals surface area contributed by atoms with Crippen molar-refractivity contribution >= 4 is 21.4 Å². The summed E-state index contributed by atoms with van der Waals surface area (Å²) in [4.78, 5) is 15.4. The molecule has 2 rings (SSSR count). The Labute approximate surface area is 121 Å². The minimum absolute atomic E-state index is 0.127. The van der Waals surface area contributed by atoms with Gasteiger partial charge in [0.2, 0.25) is 0 Å². The Balaban J connectivity index is 2.40. The van der Waals surface area contributed by atoms with Crippen molar-refractivity contribution in [2.75, 3.05) is 0 Å². The molecule has 2 aromatic rings. The Bertz CT molecular complexity index is 813. The van der Waals surface area contributed by atoms with Gasteiger partial charge in [0.15, 0.2) is 9.84 Å². The highest BCUT2D eigenvalue weighted by Gasteiger charge is 2.19. The Kier molecular flexibility index (Phi) is 3.96. The zero-order chi connectivity index (χ0) is 14.9. The first-order valence-electron chi connectivity index (χ1n) is 5.80. The van der Waals surface area contributed by atoms with Crippen LogP contribution in [0.25, 0.3) is 0 Å². The van der Waals surface area contributed by atoms with Crippen molar-refractivity contribution in [3.05, 3.63) is 57.2 Å². The van der Waals surface area contributed by atoms with Crippen molar-refractivity contribution in [2.24, 2.45) is 7.05 Å². The standard InChI is InChI=1S/C13H13ClN2O3S/c1-9-5-12(14)15-7-11(9)20(18,19)8-10-3-4-16(2)13(17)6-10/h3-7H,8H2,1-2H3. The Morgan fingerprint density at radius 1 is 1.35 bits per heavy atom. The lowest BCUT2D eigenvalue weighted by Crippen LogP contribution is -2.16. The third kappa shape index (κ3) is 3.08. The van der Waals surface area contributed by atoms with Gasteiger partial charge in [0.1, 0.15) is 5.15 Å². The van der Waals surface area contributed by atoms with Crippen LogP contribution in [-0.4, -0.2) is 18.0 Å². The van der Waals surface area contributed by atoms with Crippen LogP contribution in [0.15, 0.2) is 40.3 Å². The van der Waals surface area contributed by atoms with E-state index in [2.05, 4.69) is 4.98 Å². The lowest BCUT2D eigenvalue weighted by atomic mass is 10.3. The maximum absolute atomic E-state index is 12.3. The number of rotatable bonds is 3. The average molecular weight is 313 g/mol. The van der Waals surface area contributed by atoms with Crippen LogP contribution in [0, 0.1) is 6.92 Å². The predicted octanol–water partition coefficient (Wildman–Crippen LogP) is 1.72. The quantitative estimate of drug-likeness (QED) is 0.809. The molecule has 0 unspecified atom stereocenters. The van der Waals surface area contributed by atoms with Gasteiger partial charge in [-0.05, 0) is 30.2 Å². The maximum Gasteiger partial charge on any atom is 0.250 e. The molecule has 2 heterocycles. The van der Waals surface area contributed by atoms with Crippen molar-refractivity contribution in [1.29, 1.82) is 0 Å². The summed E-state index contributed by atoms with van der Waals surface area (Å²) in [6, 6.07) is 4.42. The monoisotopic (exact) mass is 312 g/mol. The molecule has 0 spiro atoms. The molecule has 0 fully saturated rings. The maximum atomic E-state index is 12.3. The fraction of sp³-hybridized carbons (Fsp3) is 0.231. The topological polar surface area (TPSA) is 69.0 Å². The number of hydrogen-bond acceptors (Lipinski definition) is 4. The Morgan fingerprint density at radius 2 is 2.05 bits per heavy atom. The van der Waals surface area contributed by atoms with E-state index < -0.39 is 9.84 Å². The molecule has 0 saturated heterocycles. The third-order valence-corrected chi connectivity index (χ3v) is 4.91. The van der Waals surface area contributed by atoms with Crippen molar-refractivity contribution < 1.29 is 8.42 Å². The lowest BCUT2D eigenvalue weighted by molar-refractivity contribution is 0.594. The lowest BCUT2D eigenvalue weighted by Gasteiger charge is -2.08. The Hall–Kier alpha value is -1.66. The highest BCUT2D eigenvalue weighted by atomic mass is 35.5. The van der Waals surface area contributed by atoms with E-state index in [4.69, 9.17) is 11.6 Å². The molecule has 20 heavy (non-hydrogen) atoms. The largest absolute Gasteiger partial charge is 0.319 e. The first-order chi connectivity index (χ1) is 9.29. The minimum Gasteiger partial charge on any atom is -0.319 e. The molecule has 0 radical (unpaired) electrons. The molecule has 0 N–H and O–H groups in total. The summed E-state index contributed by atoms with van der Waals surface area (Å²) >= 11 is 5.72. The second kappa shape index (κ2) is 5.38. The molecule has 0 aliphatic heterocycles. The van der Waals surface area contributed by atoms with Crippen LogP contribution < -0.4 is 5.56 Å². The summed E-state index contributed by atoms with van der Waals surface area (Å²) in [5, 5.41) is 0.245. The van der Waals surface area contributed by atoms with E-state index >= 15 is 0 Å². The normalized spacial score (nSPS) is 11.6. The molecule has 7 heteroatoms. The molecule has 0 atom stereocenters. The van der Waals surface area contributed by atoms with Crippen LogP contribution in [0.2, 0.25) is 5.15 Å². The van der Waals surface area contributed by atoms with Crippen LogP contribution in [0.3, 0.4) is 0 Å². The van der Waals surface area contributed by atoms with Crippen LogP contribution >= 0.6 is 11.6 Å². The summed E-state index contributed by atoms with van der Waals surface area (Å²) in [6.07, 6.45) is 2.79. The molecule has 0 amide bonds. The van der Waals surface area contributed by atoms with Crippen molar-refractivity contribution in [1.82, 2.24) is 9.55 Å². The second-order valence-corrected chi connectivity index (χ2v) is 6.86. The fourth-order valence-electron chi connectivity index (χ4n) is 1.81. The van der Waals surface area contributed by atoms with Gasteiger partial charge in [0.25, 0.3) is 5.56 Å². The molecule has 2 aromatic heterocycles. The smallest absolute Gasteiger partial charge is 0.250 e. The molecule has 0 bridgehead atoms. The van der Waals surface area contributed by atoms with E-state index in [1.807, 2.05) is 0 Å². The van der Waals surface area contributed by atoms with Gasteiger partial charge in [0.05, 0.1) is 10.6 Å². The first-order valence-corrected chi connectivity index (χ1v) is 7.83. The average Bonchev–Trinajstić information content (AvgIpc) is 2.33. The number of nitrogens with zero attached hydrogens (tertiary/aromatic N) is 2. The van der Waals surface area contributed by atoms with Gasteiger partial charge in [-0.25, -0.2) is 13.4 Å². The van der Waals surface area contributed by atoms with Crippen LogP contribution in [0.1, 0.15) is 11.1 Å². The zero-order valence-corrected chi connectivity index (χ0v) is 12.6. The fourth-order valence-corrected chi connectivity index (χ4v) is 3.56. The summed E-state index contributed by atoms with van der Waals surface area (Å²) in [5.41, 5.74) is 0.736. The van der Waals surface area contributed by atoms with Crippen LogP contribution in [-0.2, 0) is 22.6 Å².